The number of rotatable bonds is 3. The van der Waals surface area contributed by atoms with Crippen molar-refractivity contribution >= 4 is 5.91 Å². The van der Waals surface area contributed by atoms with Crippen LogP contribution < -0.4 is 9.47 Å². The first-order valence-corrected chi connectivity index (χ1v) is 9.01. The summed E-state index contributed by atoms with van der Waals surface area (Å²) in [5, 5.41) is 0. The SMILES string of the molecule is CC1CC(C)CN(C(=O)C(C)Oc2cccc3c2OC(C)(C)C3)C1. The molecule has 2 heterocycles. The number of likely N-dealkylation sites (tertiary alicyclic amines) is 1. The Hall–Kier alpha value is -1.71. The molecule has 2 aliphatic rings. The number of amides is 1. The Kier molecular flexibility index (Phi) is 4.50. The molecule has 1 saturated heterocycles. The van der Waals surface area contributed by atoms with Crippen molar-refractivity contribution in [3.8, 4) is 11.5 Å². The molecule has 4 heteroatoms. The molecule has 0 spiro atoms. The number of hydrogen-bond acceptors (Lipinski definition) is 3. The molecule has 1 fully saturated rings. The second-order valence-corrected chi connectivity index (χ2v) is 8.23. The number of benzene rings is 1. The topological polar surface area (TPSA) is 38.8 Å². The predicted molar refractivity (Wildman–Crippen MR) is 94.5 cm³/mol. The lowest BCUT2D eigenvalue weighted by atomic mass is 9.91. The maximum atomic E-state index is 12.8. The van der Waals surface area contributed by atoms with Crippen LogP contribution >= 0.6 is 0 Å². The fourth-order valence-electron chi connectivity index (χ4n) is 4.02. The number of fused-ring (bicyclic) bond motifs is 1. The fourth-order valence-corrected chi connectivity index (χ4v) is 4.02. The molecule has 0 N–H and O–H groups in total. The Morgan fingerprint density at radius 2 is 1.96 bits per heavy atom. The van der Waals surface area contributed by atoms with Gasteiger partial charge in [-0.3, -0.25) is 4.79 Å². The first-order chi connectivity index (χ1) is 11.2. The zero-order chi connectivity index (χ0) is 17.5. The van der Waals surface area contributed by atoms with Crippen molar-refractivity contribution in [3.05, 3.63) is 23.8 Å². The summed E-state index contributed by atoms with van der Waals surface area (Å²) in [7, 11) is 0. The maximum absolute atomic E-state index is 12.8. The van der Waals surface area contributed by atoms with Crippen molar-refractivity contribution in [1.82, 2.24) is 4.90 Å². The third-order valence-electron chi connectivity index (χ3n) is 4.89. The van der Waals surface area contributed by atoms with Crippen LogP contribution in [0.4, 0.5) is 0 Å². The molecular weight excluding hydrogens is 302 g/mol. The smallest absolute Gasteiger partial charge is 0.263 e. The minimum absolute atomic E-state index is 0.0725. The second-order valence-electron chi connectivity index (χ2n) is 8.23. The van der Waals surface area contributed by atoms with Gasteiger partial charge in [0.2, 0.25) is 0 Å². The molecule has 0 aliphatic carbocycles. The zero-order valence-electron chi connectivity index (χ0n) is 15.5. The van der Waals surface area contributed by atoms with E-state index in [1.165, 1.54) is 6.42 Å². The summed E-state index contributed by atoms with van der Waals surface area (Å²) in [6, 6.07) is 5.93. The standard InChI is InChI=1S/C20H29NO3/c1-13-9-14(2)12-21(11-13)19(22)15(3)23-17-8-6-7-16-10-20(4,5)24-18(16)17/h6-8,13-15H,9-12H2,1-5H3. The normalized spacial score (nSPS) is 26.5. The van der Waals surface area contributed by atoms with Gasteiger partial charge in [0.05, 0.1) is 0 Å². The van der Waals surface area contributed by atoms with Gasteiger partial charge in [-0.1, -0.05) is 26.0 Å². The fraction of sp³-hybridized carbons (Fsp3) is 0.650. The number of hydrogen-bond donors (Lipinski definition) is 0. The largest absolute Gasteiger partial charge is 0.483 e. The summed E-state index contributed by atoms with van der Waals surface area (Å²) >= 11 is 0. The first kappa shape index (κ1) is 17.1. The summed E-state index contributed by atoms with van der Waals surface area (Å²) in [6.07, 6.45) is 1.55. The highest BCUT2D eigenvalue weighted by Gasteiger charge is 2.34. The Morgan fingerprint density at radius 1 is 1.29 bits per heavy atom. The number of ether oxygens (including phenoxy) is 2. The number of carbonyl (C=O) groups is 1. The third kappa shape index (κ3) is 3.52. The lowest BCUT2D eigenvalue weighted by Gasteiger charge is -2.36. The van der Waals surface area contributed by atoms with E-state index in [1.54, 1.807) is 0 Å². The van der Waals surface area contributed by atoms with Gasteiger partial charge in [0.15, 0.2) is 17.6 Å². The molecule has 3 atom stereocenters. The zero-order valence-corrected chi connectivity index (χ0v) is 15.5. The predicted octanol–water partition coefficient (Wildman–Crippen LogP) is 3.67. The van der Waals surface area contributed by atoms with Crippen LogP contribution in [0.25, 0.3) is 0 Å². The highest BCUT2D eigenvalue weighted by atomic mass is 16.5. The molecule has 24 heavy (non-hydrogen) atoms. The Morgan fingerprint density at radius 3 is 2.62 bits per heavy atom. The van der Waals surface area contributed by atoms with Crippen molar-refractivity contribution in [2.45, 2.75) is 59.2 Å². The summed E-state index contributed by atoms with van der Waals surface area (Å²) in [5.74, 6) is 2.65. The quantitative estimate of drug-likeness (QED) is 0.848. The van der Waals surface area contributed by atoms with Crippen LogP contribution in [0.1, 0.15) is 46.6 Å². The molecule has 0 radical (unpaired) electrons. The van der Waals surface area contributed by atoms with Crippen molar-refractivity contribution < 1.29 is 14.3 Å². The number of nitrogens with zero attached hydrogens (tertiary/aromatic N) is 1. The van der Waals surface area contributed by atoms with Crippen molar-refractivity contribution in [3.63, 3.8) is 0 Å². The molecule has 2 aliphatic heterocycles. The van der Waals surface area contributed by atoms with E-state index in [1.807, 2.05) is 24.0 Å². The van der Waals surface area contributed by atoms with Crippen molar-refractivity contribution in [2.75, 3.05) is 13.1 Å². The minimum Gasteiger partial charge on any atom is -0.483 e. The van der Waals surface area contributed by atoms with E-state index in [9.17, 15) is 4.79 Å². The number of carbonyl (C=O) groups excluding carboxylic acids is 1. The van der Waals surface area contributed by atoms with Crippen molar-refractivity contribution in [1.29, 1.82) is 0 Å². The summed E-state index contributed by atoms with van der Waals surface area (Å²) < 4.78 is 12.1. The van der Waals surface area contributed by atoms with Crippen LogP contribution in [0.2, 0.25) is 0 Å². The first-order valence-electron chi connectivity index (χ1n) is 9.01. The van der Waals surface area contributed by atoms with Gasteiger partial charge in [-0.05, 0) is 45.1 Å². The van der Waals surface area contributed by atoms with Gasteiger partial charge in [-0.2, -0.15) is 0 Å². The van der Waals surface area contributed by atoms with Crippen LogP contribution in [0.3, 0.4) is 0 Å². The molecule has 4 nitrogen and oxygen atoms in total. The van der Waals surface area contributed by atoms with Crippen LogP contribution in [0, 0.1) is 11.8 Å². The number of para-hydroxylation sites is 1. The van der Waals surface area contributed by atoms with E-state index < -0.39 is 6.10 Å². The average Bonchev–Trinajstić information content (AvgIpc) is 2.80. The van der Waals surface area contributed by atoms with E-state index >= 15 is 0 Å². The lowest BCUT2D eigenvalue weighted by molar-refractivity contribution is -0.140. The van der Waals surface area contributed by atoms with Crippen LogP contribution in [-0.2, 0) is 11.2 Å². The minimum atomic E-state index is -0.499. The summed E-state index contributed by atoms with van der Waals surface area (Å²) in [6.45, 7) is 12.1. The third-order valence-corrected chi connectivity index (χ3v) is 4.89. The average molecular weight is 331 g/mol. The molecule has 3 rings (SSSR count). The molecule has 1 aromatic carbocycles. The summed E-state index contributed by atoms with van der Waals surface area (Å²) in [4.78, 5) is 14.7. The Bertz CT molecular complexity index is 615. The highest BCUT2D eigenvalue weighted by molar-refractivity contribution is 5.81. The van der Waals surface area contributed by atoms with Gasteiger partial charge in [-0.25, -0.2) is 0 Å². The molecule has 0 aromatic heterocycles. The second kappa shape index (κ2) is 6.30. The molecule has 0 saturated carbocycles. The molecule has 0 bridgehead atoms. The van der Waals surface area contributed by atoms with Gasteiger partial charge < -0.3 is 14.4 Å². The van der Waals surface area contributed by atoms with Gasteiger partial charge >= 0.3 is 0 Å². The molecule has 3 unspecified atom stereocenters. The number of piperidine rings is 1. The molecule has 1 aromatic rings. The highest BCUT2D eigenvalue weighted by Crippen LogP contribution is 2.42. The Labute approximate surface area is 145 Å². The van der Waals surface area contributed by atoms with Gasteiger partial charge in [0, 0.05) is 25.1 Å². The van der Waals surface area contributed by atoms with E-state index in [-0.39, 0.29) is 11.5 Å². The van der Waals surface area contributed by atoms with Gasteiger partial charge in [0.1, 0.15) is 5.60 Å². The van der Waals surface area contributed by atoms with E-state index in [0.29, 0.717) is 17.6 Å². The van der Waals surface area contributed by atoms with E-state index in [2.05, 4.69) is 33.8 Å². The van der Waals surface area contributed by atoms with Crippen LogP contribution in [0.15, 0.2) is 18.2 Å². The van der Waals surface area contributed by atoms with E-state index in [4.69, 9.17) is 9.47 Å². The maximum Gasteiger partial charge on any atom is 0.263 e. The van der Waals surface area contributed by atoms with Gasteiger partial charge in [0.25, 0.3) is 5.91 Å². The molecular formula is C20H29NO3. The van der Waals surface area contributed by atoms with Crippen molar-refractivity contribution in [2.24, 2.45) is 11.8 Å². The van der Waals surface area contributed by atoms with E-state index in [0.717, 1.165) is 30.8 Å². The van der Waals surface area contributed by atoms with Crippen LogP contribution in [0.5, 0.6) is 11.5 Å². The van der Waals surface area contributed by atoms with Gasteiger partial charge in [-0.15, -0.1) is 0 Å². The lowest BCUT2D eigenvalue weighted by Crippen LogP contribution is -2.47. The summed E-state index contributed by atoms with van der Waals surface area (Å²) in [5.41, 5.74) is 0.935. The monoisotopic (exact) mass is 331 g/mol. The molecule has 132 valence electrons. The Balaban J connectivity index is 1.71. The van der Waals surface area contributed by atoms with Crippen LogP contribution in [-0.4, -0.2) is 35.6 Å². The molecule has 1 amide bonds.